The van der Waals surface area contributed by atoms with E-state index in [0.717, 1.165) is 0 Å². The number of nitrogens with one attached hydrogen (secondary N) is 1. The van der Waals surface area contributed by atoms with Crippen molar-refractivity contribution >= 4 is 5.91 Å². The van der Waals surface area contributed by atoms with Gasteiger partial charge in [0.2, 0.25) is 0 Å². The molecule has 0 fully saturated rings. The van der Waals surface area contributed by atoms with Crippen LogP contribution in [0.3, 0.4) is 0 Å². The van der Waals surface area contributed by atoms with Crippen molar-refractivity contribution in [3.05, 3.63) is 57.5 Å². The summed E-state index contributed by atoms with van der Waals surface area (Å²) in [7, 11) is 1.24. The predicted molar refractivity (Wildman–Crippen MR) is 58.4 cm³/mol. The maximum absolute atomic E-state index is 11.5. The summed E-state index contributed by atoms with van der Waals surface area (Å²) in [6.07, 6.45) is 0. The van der Waals surface area contributed by atoms with Gasteiger partial charge in [0.15, 0.2) is 0 Å². The molecule has 0 radical (unpaired) electrons. The van der Waals surface area contributed by atoms with Gasteiger partial charge in [-0.1, -0.05) is 30.3 Å². The first-order valence-corrected chi connectivity index (χ1v) is 4.93. The number of nitro groups is 1. The molecule has 0 bridgehead atoms. The molecule has 0 spiro atoms. The lowest BCUT2D eigenvalue weighted by molar-refractivity contribution is -0.432. The van der Waals surface area contributed by atoms with E-state index in [1.54, 1.807) is 30.3 Å². The molecule has 6 heteroatoms. The summed E-state index contributed by atoms with van der Waals surface area (Å²) in [6.45, 7) is 0. The smallest absolute Gasteiger partial charge is 0.320 e. The SMILES string of the molecule is COC1=C([N+](=O)[O-])C(c2ccccc2)NC1=O. The molecule has 6 nitrogen and oxygen atoms in total. The van der Waals surface area contributed by atoms with E-state index < -0.39 is 16.9 Å². The van der Waals surface area contributed by atoms with Crippen molar-refractivity contribution in [2.45, 2.75) is 6.04 Å². The van der Waals surface area contributed by atoms with E-state index in [0.29, 0.717) is 5.56 Å². The summed E-state index contributed by atoms with van der Waals surface area (Å²) in [5.74, 6) is -0.795. The Kier molecular flexibility index (Phi) is 2.78. The molecular weight excluding hydrogens is 224 g/mol. The van der Waals surface area contributed by atoms with Crippen molar-refractivity contribution in [1.29, 1.82) is 0 Å². The fourth-order valence-electron chi connectivity index (χ4n) is 1.78. The molecule has 1 aromatic rings. The van der Waals surface area contributed by atoms with Crippen LogP contribution in [0.25, 0.3) is 0 Å². The third kappa shape index (κ3) is 1.84. The van der Waals surface area contributed by atoms with Crippen molar-refractivity contribution in [2.75, 3.05) is 7.11 Å². The zero-order chi connectivity index (χ0) is 12.4. The fraction of sp³-hybridized carbons (Fsp3) is 0.182. The molecule has 0 aromatic heterocycles. The number of nitrogens with zero attached hydrogens (tertiary/aromatic N) is 1. The Labute approximate surface area is 97.0 Å². The zero-order valence-electron chi connectivity index (χ0n) is 9.04. The highest BCUT2D eigenvalue weighted by molar-refractivity contribution is 5.95. The molecule has 1 amide bonds. The minimum atomic E-state index is -0.756. The van der Waals surface area contributed by atoms with E-state index in [1.807, 2.05) is 0 Å². The number of hydrogen-bond acceptors (Lipinski definition) is 4. The highest BCUT2D eigenvalue weighted by atomic mass is 16.6. The molecule has 17 heavy (non-hydrogen) atoms. The lowest BCUT2D eigenvalue weighted by Gasteiger charge is -2.08. The molecule has 88 valence electrons. The Balaban J connectivity index is 2.47. The summed E-state index contributed by atoms with van der Waals surface area (Å²) >= 11 is 0. The third-order valence-electron chi connectivity index (χ3n) is 2.52. The number of benzene rings is 1. The summed E-state index contributed by atoms with van der Waals surface area (Å²) in [4.78, 5) is 21.9. The Morgan fingerprint density at radius 3 is 2.53 bits per heavy atom. The molecule has 2 rings (SSSR count). The summed E-state index contributed by atoms with van der Waals surface area (Å²) in [5.41, 5.74) is 0.406. The van der Waals surface area contributed by atoms with Crippen LogP contribution in [0.2, 0.25) is 0 Å². The first kappa shape index (κ1) is 11.1. The largest absolute Gasteiger partial charge is 0.487 e. The van der Waals surface area contributed by atoms with Gasteiger partial charge in [-0.05, 0) is 5.56 Å². The highest BCUT2D eigenvalue weighted by Crippen LogP contribution is 2.30. The standard InChI is InChI=1S/C11H10N2O4/c1-17-10-9(13(15)16)8(12-11(10)14)7-5-3-2-4-6-7/h2-6,8H,1H3,(H,12,14). The van der Waals surface area contributed by atoms with E-state index in [2.05, 4.69) is 5.32 Å². The third-order valence-corrected chi connectivity index (χ3v) is 2.52. The van der Waals surface area contributed by atoms with Gasteiger partial charge < -0.3 is 10.1 Å². The molecule has 1 aromatic carbocycles. The van der Waals surface area contributed by atoms with Crippen LogP contribution in [0.5, 0.6) is 0 Å². The van der Waals surface area contributed by atoms with Crippen molar-refractivity contribution in [1.82, 2.24) is 5.32 Å². The van der Waals surface area contributed by atoms with Gasteiger partial charge in [-0.2, -0.15) is 0 Å². The summed E-state index contributed by atoms with van der Waals surface area (Å²) in [5, 5.41) is 13.5. The van der Waals surface area contributed by atoms with Gasteiger partial charge in [-0.25, -0.2) is 0 Å². The van der Waals surface area contributed by atoms with Crippen LogP contribution >= 0.6 is 0 Å². The highest BCUT2D eigenvalue weighted by Gasteiger charge is 2.42. The molecule has 0 saturated carbocycles. The fourth-order valence-corrected chi connectivity index (χ4v) is 1.78. The lowest BCUT2D eigenvalue weighted by atomic mass is 10.1. The molecule has 1 atom stereocenters. The Morgan fingerprint density at radius 2 is 2.00 bits per heavy atom. The molecule has 0 saturated heterocycles. The average Bonchev–Trinajstić information content (AvgIpc) is 2.67. The van der Waals surface area contributed by atoms with Crippen LogP contribution < -0.4 is 5.32 Å². The number of hydrogen-bond donors (Lipinski definition) is 1. The summed E-state index contributed by atoms with van der Waals surface area (Å²) < 4.78 is 4.77. The van der Waals surface area contributed by atoms with Crippen LogP contribution in [-0.2, 0) is 9.53 Å². The van der Waals surface area contributed by atoms with Crippen molar-refractivity contribution in [3.63, 3.8) is 0 Å². The van der Waals surface area contributed by atoms with Crippen molar-refractivity contribution < 1.29 is 14.5 Å². The van der Waals surface area contributed by atoms with Gasteiger partial charge >= 0.3 is 5.70 Å². The number of amides is 1. The van der Waals surface area contributed by atoms with Gasteiger partial charge in [0.1, 0.15) is 6.04 Å². The lowest BCUT2D eigenvalue weighted by Crippen LogP contribution is -2.23. The topological polar surface area (TPSA) is 81.5 Å². The van der Waals surface area contributed by atoms with Gasteiger partial charge in [-0.15, -0.1) is 0 Å². The summed E-state index contributed by atoms with van der Waals surface area (Å²) in [6, 6.07) is 7.98. The normalized spacial score (nSPS) is 19.1. The van der Waals surface area contributed by atoms with Crippen molar-refractivity contribution in [3.8, 4) is 0 Å². The average molecular weight is 234 g/mol. The van der Waals surface area contributed by atoms with Gasteiger partial charge in [0.05, 0.1) is 12.0 Å². The molecular formula is C11H10N2O4. The number of carbonyl (C=O) groups is 1. The molecule has 1 aliphatic heterocycles. The van der Waals surface area contributed by atoms with Crippen molar-refractivity contribution in [2.24, 2.45) is 0 Å². The van der Waals surface area contributed by atoms with E-state index in [9.17, 15) is 14.9 Å². The van der Waals surface area contributed by atoms with Crippen LogP contribution in [0.1, 0.15) is 11.6 Å². The Hall–Kier alpha value is -2.37. The second-order valence-electron chi connectivity index (χ2n) is 3.49. The van der Waals surface area contributed by atoms with Crippen LogP contribution in [0, 0.1) is 10.1 Å². The number of ether oxygens (including phenoxy) is 1. The molecule has 1 unspecified atom stereocenters. The zero-order valence-corrected chi connectivity index (χ0v) is 9.04. The predicted octanol–water partition coefficient (Wildman–Crippen LogP) is 0.992. The minimum absolute atomic E-state index is 0.233. The molecule has 0 aliphatic carbocycles. The number of rotatable bonds is 3. The second kappa shape index (κ2) is 4.25. The van der Waals surface area contributed by atoms with Crippen LogP contribution in [-0.4, -0.2) is 17.9 Å². The number of methoxy groups -OCH3 is 1. The van der Waals surface area contributed by atoms with E-state index in [4.69, 9.17) is 4.74 Å². The first-order valence-electron chi connectivity index (χ1n) is 4.93. The monoisotopic (exact) mass is 234 g/mol. The van der Waals surface area contributed by atoms with E-state index in [1.165, 1.54) is 7.11 Å². The van der Waals surface area contributed by atoms with E-state index >= 15 is 0 Å². The van der Waals surface area contributed by atoms with E-state index in [-0.39, 0.29) is 11.5 Å². The second-order valence-corrected chi connectivity index (χ2v) is 3.49. The number of carbonyl (C=O) groups excluding carboxylic acids is 1. The Morgan fingerprint density at radius 1 is 1.35 bits per heavy atom. The van der Waals surface area contributed by atoms with Crippen LogP contribution in [0.4, 0.5) is 0 Å². The first-order chi connectivity index (χ1) is 8.15. The molecule has 1 heterocycles. The molecule has 1 N–H and O–H groups in total. The van der Waals surface area contributed by atoms with Gasteiger partial charge in [0.25, 0.3) is 11.7 Å². The Bertz CT molecular complexity index is 495. The maximum atomic E-state index is 11.5. The maximum Gasteiger partial charge on any atom is 0.320 e. The molecule has 1 aliphatic rings. The van der Waals surface area contributed by atoms with Gasteiger partial charge in [0, 0.05) is 0 Å². The van der Waals surface area contributed by atoms with Crippen LogP contribution in [0.15, 0.2) is 41.8 Å². The minimum Gasteiger partial charge on any atom is -0.487 e. The van der Waals surface area contributed by atoms with Gasteiger partial charge in [-0.3, -0.25) is 14.9 Å². The quantitative estimate of drug-likeness (QED) is 0.624.